The number of ether oxygens (including phenoxy) is 1. The molecule has 0 spiro atoms. The molecule has 0 saturated carbocycles. The Hall–Kier alpha value is -0.930. The van der Waals surface area contributed by atoms with Crippen molar-refractivity contribution >= 4 is 0 Å². The topological polar surface area (TPSA) is 35.2 Å². The molecule has 1 aromatic rings. The highest BCUT2D eigenvalue weighted by Gasteiger charge is 2.31. The van der Waals surface area contributed by atoms with Crippen LogP contribution in [-0.2, 0) is 11.2 Å². The van der Waals surface area contributed by atoms with E-state index >= 15 is 0 Å². The monoisotopic (exact) mass is 223 g/mol. The van der Waals surface area contributed by atoms with E-state index in [0.717, 1.165) is 38.0 Å². The maximum absolute atomic E-state index is 12.8. The van der Waals surface area contributed by atoms with Crippen molar-refractivity contribution in [3.05, 3.63) is 35.6 Å². The number of hydrogen-bond donors (Lipinski definition) is 1. The Kier molecular flexibility index (Phi) is 3.56. The third-order valence-electron chi connectivity index (χ3n) is 3.48. The zero-order valence-corrected chi connectivity index (χ0v) is 9.42. The zero-order valence-electron chi connectivity index (χ0n) is 9.42. The molecule has 1 fully saturated rings. The van der Waals surface area contributed by atoms with E-state index in [1.54, 1.807) is 0 Å². The molecule has 1 aromatic carbocycles. The van der Waals surface area contributed by atoms with Gasteiger partial charge in [-0.25, -0.2) is 4.39 Å². The van der Waals surface area contributed by atoms with Crippen molar-refractivity contribution in [3.8, 4) is 0 Å². The summed E-state index contributed by atoms with van der Waals surface area (Å²) in [5, 5.41) is 0. The van der Waals surface area contributed by atoms with Gasteiger partial charge in [-0.15, -0.1) is 0 Å². The predicted octanol–water partition coefficient (Wildman–Crippen LogP) is 2.12. The van der Waals surface area contributed by atoms with Gasteiger partial charge in [0, 0.05) is 13.2 Å². The van der Waals surface area contributed by atoms with Gasteiger partial charge in [0.25, 0.3) is 0 Å². The maximum atomic E-state index is 12.8. The number of hydrogen-bond acceptors (Lipinski definition) is 2. The molecule has 1 aliphatic heterocycles. The third kappa shape index (κ3) is 2.60. The molecule has 2 N–H and O–H groups in total. The molecular weight excluding hydrogens is 205 g/mol. The van der Waals surface area contributed by atoms with Crippen LogP contribution in [0.3, 0.4) is 0 Å². The van der Waals surface area contributed by atoms with Gasteiger partial charge in [-0.3, -0.25) is 0 Å². The molecule has 1 heterocycles. The number of nitrogens with two attached hydrogens (primary N) is 1. The second kappa shape index (κ2) is 4.93. The summed E-state index contributed by atoms with van der Waals surface area (Å²) in [7, 11) is 0. The fourth-order valence-corrected chi connectivity index (χ4v) is 2.29. The standard InChI is InChI=1S/C13H18FNO/c14-12-3-1-11(2-4-12)9-13(10-15)5-7-16-8-6-13/h1-4H,5-10,15H2. The molecule has 1 aliphatic rings. The van der Waals surface area contributed by atoms with Gasteiger partial charge < -0.3 is 10.5 Å². The first-order valence-electron chi connectivity index (χ1n) is 5.76. The van der Waals surface area contributed by atoms with Crippen LogP contribution in [0.5, 0.6) is 0 Å². The molecule has 0 amide bonds. The summed E-state index contributed by atoms with van der Waals surface area (Å²) in [5.74, 6) is -0.183. The lowest BCUT2D eigenvalue weighted by molar-refractivity contribution is 0.0191. The first-order chi connectivity index (χ1) is 7.74. The zero-order chi connectivity index (χ0) is 11.4. The van der Waals surface area contributed by atoms with E-state index in [1.165, 1.54) is 12.1 Å². The quantitative estimate of drug-likeness (QED) is 0.852. The molecule has 2 rings (SSSR count). The first kappa shape index (κ1) is 11.6. The highest BCUT2D eigenvalue weighted by Crippen LogP contribution is 2.33. The molecule has 2 nitrogen and oxygen atoms in total. The number of rotatable bonds is 3. The van der Waals surface area contributed by atoms with Gasteiger partial charge in [-0.2, -0.15) is 0 Å². The second-order valence-corrected chi connectivity index (χ2v) is 4.62. The molecule has 0 unspecified atom stereocenters. The number of halogens is 1. The second-order valence-electron chi connectivity index (χ2n) is 4.62. The first-order valence-corrected chi connectivity index (χ1v) is 5.76. The van der Waals surface area contributed by atoms with Crippen molar-refractivity contribution in [1.82, 2.24) is 0 Å². The van der Waals surface area contributed by atoms with Gasteiger partial charge in [-0.05, 0) is 48.9 Å². The van der Waals surface area contributed by atoms with Crippen LogP contribution in [0.2, 0.25) is 0 Å². The van der Waals surface area contributed by atoms with Gasteiger partial charge in [-0.1, -0.05) is 12.1 Å². The molecule has 88 valence electrons. The molecular formula is C13H18FNO. The van der Waals surface area contributed by atoms with E-state index < -0.39 is 0 Å². The third-order valence-corrected chi connectivity index (χ3v) is 3.48. The van der Waals surface area contributed by atoms with Crippen molar-refractivity contribution in [2.75, 3.05) is 19.8 Å². The Balaban J connectivity index is 2.08. The van der Waals surface area contributed by atoms with E-state index in [0.29, 0.717) is 6.54 Å². The minimum atomic E-state index is -0.183. The van der Waals surface area contributed by atoms with Crippen LogP contribution in [0.4, 0.5) is 4.39 Å². The van der Waals surface area contributed by atoms with Crippen LogP contribution in [-0.4, -0.2) is 19.8 Å². The van der Waals surface area contributed by atoms with Crippen molar-refractivity contribution < 1.29 is 9.13 Å². The Bertz CT molecular complexity index is 330. The van der Waals surface area contributed by atoms with Crippen molar-refractivity contribution in [2.45, 2.75) is 19.3 Å². The summed E-state index contributed by atoms with van der Waals surface area (Å²) in [6.07, 6.45) is 2.93. The van der Waals surface area contributed by atoms with Gasteiger partial charge in [0.2, 0.25) is 0 Å². The van der Waals surface area contributed by atoms with E-state index in [9.17, 15) is 4.39 Å². The fraction of sp³-hybridized carbons (Fsp3) is 0.538. The highest BCUT2D eigenvalue weighted by atomic mass is 19.1. The van der Waals surface area contributed by atoms with Gasteiger partial charge in [0.1, 0.15) is 5.82 Å². The Morgan fingerprint density at radius 3 is 2.38 bits per heavy atom. The fourth-order valence-electron chi connectivity index (χ4n) is 2.29. The average molecular weight is 223 g/mol. The van der Waals surface area contributed by atoms with Crippen LogP contribution in [0.15, 0.2) is 24.3 Å². The lowest BCUT2D eigenvalue weighted by Crippen LogP contribution is -2.38. The summed E-state index contributed by atoms with van der Waals surface area (Å²) in [4.78, 5) is 0. The Morgan fingerprint density at radius 1 is 1.19 bits per heavy atom. The van der Waals surface area contributed by atoms with Crippen LogP contribution < -0.4 is 5.73 Å². The number of benzene rings is 1. The minimum Gasteiger partial charge on any atom is -0.381 e. The SMILES string of the molecule is NCC1(Cc2ccc(F)cc2)CCOCC1. The van der Waals surface area contributed by atoms with Crippen LogP contribution in [0, 0.1) is 11.2 Å². The lowest BCUT2D eigenvalue weighted by atomic mass is 9.75. The summed E-state index contributed by atoms with van der Waals surface area (Å²) in [6.45, 7) is 2.25. The van der Waals surface area contributed by atoms with Gasteiger partial charge >= 0.3 is 0 Å². The highest BCUT2D eigenvalue weighted by molar-refractivity contribution is 5.18. The molecule has 0 aromatic heterocycles. The minimum absolute atomic E-state index is 0.149. The molecule has 3 heteroatoms. The summed E-state index contributed by atoms with van der Waals surface area (Å²) >= 11 is 0. The maximum Gasteiger partial charge on any atom is 0.123 e. The van der Waals surface area contributed by atoms with Crippen LogP contribution in [0.1, 0.15) is 18.4 Å². The van der Waals surface area contributed by atoms with E-state index in [-0.39, 0.29) is 11.2 Å². The van der Waals surface area contributed by atoms with E-state index in [4.69, 9.17) is 10.5 Å². The molecule has 0 aliphatic carbocycles. The van der Waals surface area contributed by atoms with Crippen molar-refractivity contribution in [1.29, 1.82) is 0 Å². The van der Waals surface area contributed by atoms with Crippen molar-refractivity contribution in [2.24, 2.45) is 11.1 Å². The van der Waals surface area contributed by atoms with E-state index in [2.05, 4.69) is 0 Å². The lowest BCUT2D eigenvalue weighted by Gasteiger charge is -2.36. The Morgan fingerprint density at radius 2 is 1.81 bits per heavy atom. The van der Waals surface area contributed by atoms with Crippen LogP contribution in [0.25, 0.3) is 0 Å². The van der Waals surface area contributed by atoms with Gasteiger partial charge in [0.05, 0.1) is 0 Å². The Labute approximate surface area is 95.6 Å². The normalized spacial score (nSPS) is 19.6. The molecule has 0 bridgehead atoms. The predicted molar refractivity (Wildman–Crippen MR) is 61.6 cm³/mol. The summed E-state index contributed by atoms with van der Waals surface area (Å²) in [6, 6.07) is 6.72. The molecule has 0 radical (unpaired) electrons. The van der Waals surface area contributed by atoms with Gasteiger partial charge in [0.15, 0.2) is 0 Å². The summed E-state index contributed by atoms with van der Waals surface area (Å²) < 4.78 is 18.2. The largest absolute Gasteiger partial charge is 0.381 e. The smallest absolute Gasteiger partial charge is 0.123 e. The van der Waals surface area contributed by atoms with Crippen molar-refractivity contribution in [3.63, 3.8) is 0 Å². The molecule has 0 atom stereocenters. The molecule has 1 saturated heterocycles. The average Bonchev–Trinajstić information content (AvgIpc) is 2.33. The molecule has 16 heavy (non-hydrogen) atoms. The summed E-state index contributed by atoms with van der Waals surface area (Å²) in [5.41, 5.74) is 7.20. The van der Waals surface area contributed by atoms with E-state index in [1.807, 2.05) is 12.1 Å². The van der Waals surface area contributed by atoms with Crippen LogP contribution >= 0.6 is 0 Å².